The first-order valence-corrected chi connectivity index (χ1v) is 6.10. The average Bonchev–Trinajstić information content (AvgIpc) is 2.38. The molecule has 0 radical (unpaired) electrons. The van der Waals surface area contributed by atoms with E-state index >= 15 is 0 Å². The Morgan fingerprint density at radius 2 is 2.24 bits per heavy atom. The smallest absolute Gasteiger partial charge is 0.0623 e. The largest absolute Gasteiger partial charge is 0.315 e. The summed E-state index contributed by atoms with van der Waals surface area (Å²) in [6, 6.07) is 13.6. The third-order valence-corrected chi connectivity index (χ3v) is 2.99. The Labute approximate surface area is 103 Å². The van der Waals surface area contributed by atoms with E-state index in [0.29, 0.717) is 6.04 Å². The summed E-state index contributed by atoms with van der Waals surface area (Å²) in [5.74, 6) is 3.17. The lowest BCUT2D eigenvalue weighted by atomic mass is 10.2. The molecule has 0 aliphatic carbocycles. The Morgan fingerprint density at radius 1 is 1.41 bits per heavy atom. The van der Waals surface area contributed by atoms with Gasteiger partial charge in [-0.25, -0.2) is 0 Å². The van der Waals surface area contributed by atoms with E-state index in [-0.39, 0.29) is 0 Å². The lowest BCUT2D eigenvalue weighted by Crippen LogP contribution is -2.49. The molecule has 1 aliphatic rings. The second-order valence-corrected chi connectivity index (χ2v) is 4.32. The summed E-state index contributed by atoms with van der Waals surface area (Å²) in [5.41, 5.74) is 1.05. The summed E-state index contributed by atoms with van der Waals surface area (Å²) in [6.07, 6.45) is 0. The minimum absolute atomic E-state index is 0.578. The Kier molecular flexibility index (Phi) is 4.43. The van der Waals surface area contributed by atoms with Crippen LogP contribution in [0.25, 0.3) is 0 Å². The molecule has 3 nitrogen and oxygen atoms in total. The van der Waals surface area contributed by atoms with Crippen LogP contribution in [-0.2, 0) is 0 Å². The Morgan fingerprint density at radius 3 is 3.00 bits per heavy atom. The van der Waals surface area contributed by atoms with Gasteiger partial charge in [-0.3, -0.25) is 4.90 Å². The van der Waals surface area contributed by atoms with Gasteiger partial charge in [0.1, 0.15) is 0 Å². The maximum Gasteiger partial charge on any atom is 0.0623 e. The van der Waals surface area contributed by atoms with Crippen LogP contribution in [0.3, 0.4) is 0 Å². The highest BCUT2D eigenvalue weighted by molar-refractivity contribution is 5.47. The molecular formula is C14H19N3. The van der Waals surface area contributed by atoms with Gasteiger partial charge in [0, 0.05) is 37.4 Å². The highest BCUT2D eigenvalue weighted by atomic mass is 15.2. The minimum Gasteiger partial charge on any atom is -0.315 e. The Balaban J connectivity index is 1.78. The number of hydrogen-bond acceptors (Lipinski definition) is 3. The van der Waals surface area contributed by atoms with Gasteiger partial charge in [0.2, 0.25) is 0 Å². The first-order valence-electron chi connectivity index (χ1n) is 6.10. The highest BCUT2D eigenvalue weighted by Crippen LogP contribution is 2.03. The molecule has 1 aromatic carbocycles. The van der Waals surface area contributed by atoms with Crippen LogP contribution in [0.15, 0.2) is 30.3 Å². The molecule has 1 fully saturated rings. The SMILES string of the molecule is CC1CNCCN1CC#CNc1ccccc1. The molecule has 1 aliphatic heterocycles. The molecule has 1 heterocycles. The van der Waals surface area contributed by atoms with Crippen LogP contribution in [0.1, 0.15) is 6.92 Å². The highest BCUT2D eigenvalue weighted by Gasteiger charge is 2.15. The minimum atomic E-state index is 0.578. The van der Waals surface area contributed by atoms with E-state index in [4.69, 9.17) is 0 Å². The van der Waals surface area contributed by atoms with Gasteiger partial charge in [0.25, 0.3) is 0 Å². The molecule has 0 spiro atoms. The van der Waals surface area contributed by atoms with E-state index in [9.17, 15) is 0 Å². The molecule has 2 rings (SSSR count). The van der Waals surface area contributed by atoms with Crippen molar-refractivity contribution in [3.8, 4) is 12.0 Å². The molecule has 3 heteroatoms. The maximum atomic E-state index is 3.38. The van der Waals surface area contributed by atoms with Crippen molar-refractivity contribution in [2.24, 2.45) is 0 Å². The standard InChI is InChI=1S/C14H19N3/c1-13-12-15-9-11-17(13)10-5-8-16-14-6-3-2-4-7-14/h2-4,6-7,13,15-16H,9-12H2,1H3. The third-order valence-electron chi connectivity index (χ3n) is 2.99. The molecular weight excluding hydrogens is 210 g/mol. The number of benzene rings is 1. The number of para-hydroxylation sites is 1. The van der Waals surface area contributed by atoms with Crippen molar-refractivity contribution in [3.05, 3.63) is 30.3 Å². The van der Waals surface area contributed by atoms with Gasteiger partial charge in [0.15, 0.2) is 0 Å². The van der Waals surface area contributed by atoms with Crippen LogP contribution in [0.5, 0.6) is 0 Å². The molecule has 90 valence electrons. The van der Waals surface area contributed by atoms with E-state index in [0.717, 1.165) is 31.9 Å². The quantitative estimate of drug-likeness (QED) is 0.592. The number of piperazine rings is 1. The van der Waals surface area contributed by atoms with Crippen molar-refractivity contribution in [1.82, 2.24) is 10.2 Å². The first kappa shape index (κ1) is 12.0. The van der Waals surface area contributed by atoms with Gasteiger partial charge in [-0.1, -0.05) is 24.1 Å². The molecule has 1 saturated heterocycles. The zero-order chi connectivity index (χ0) is 11.9. The third kappa shape index (κ3) is 3.77. The van der Waals surface area contributed by atoms with Crippen molar-refractivity contribution < 1.29 is 0 Å². The molecule has 0 saturated carbocycles. The van der Waals surface area contributed by atoms with E-state index in [2.05, 4.69) is 34.4 Å². The number of rotatable bonds is 2. The molecule has 1 aromatic rings. The number of anilines is 1. The van der Waals surface area contributed by atoms with Crippen molar-refractivity contribution >= 4 is 5.69 Å². The summed E-state index contributed by atoms with van der Waals surface area (Å²) >= 11 is 0. The van der Waals surface area contributed by atoms with Crippen LogP contribution in [-0.4, -0.2) is 37.1 Å². The van der Waals surface area contributed by atoms with Gasteiger partial charge >= 0.3 is 0 Å². The van der Waals surface area contributed by atoms with Crippen molar-refractivity contribution in [3.63, 3.8) is 0 Å². The summed E-state index contributed by atoms with van der Waals surface area (Å²) in [6.45, 7) is 6.29. The normalized spacial score (nSPS) is 20.4. The molecule has 0 amide bonds. The summed E-state index contributed by atoms with van der Waals surface area (Å²) in [5, 5.41) is 6.47. The van der Waals surface area contributed by atoms with Gasteiger partial charge < -0.3 is 10.6 Å². The van der Waals surface area contributed by atoms with Gasteiger partial charge in [0.05, 0.1) is 6.54 Å². The van der Waals surface area contributed by atoms with E-state index in [1.807, 2.05) is 30.3 Å². The van der Waals surface area contributed by atoms with Crippen LogP contribution < -0.4 is 10.6 Å². The lowest BCUT2D eigenvalue weighted by molar-refractivity contribution is 0.196. The van der Waals surface area contributed by atoms with Crippen LogP contribution in [0, 0.1) is 12.0 Å². The first-order chi connectivity index (χ1) is 8.36. The second kappa shape index (κ2) is 6.29. The summed E-state index contributed by atoms with van der Waals surface area (Å²) in [7, 11) is 0. The zero-order valence-corrected chi connectivity index (χ0v) is 10.2. The van der Waals surface area contributed by atoms with Gasteiger partial charge in [-0.15, -0.1) is 0 Å². The van der Waals surface area contributed by atoms with E-state index in [1.54, 1.807) is 0 Å². The van der Waals surface area contributed by atoms with Gasteiger partial charge in [-0.2, -0.15) is 0 Å². The fourth-order valence-electron chi connectivity index (χ4n) is 1.90. The Bertz CT molecular complexity index is 391. The van der Waals surface area contributed by atoms with Crippen LogP contribution in [0.4, 0.5) is 5.69 Å². The summed E-state index contributed by atoms with van der Waals surface area (Å²) in [4.78, 5) is 2.40. The monoisotopic (exact) mass is 229 g/mol. The van der Waals surface area contributed by atoms with Crippen molar-refractivity contribution in [2.45, 2.75) is 13.0 Å². The van der Waals surface area contributed by atoms with Crippen molar-refractivity contribution in [1.29, 1.82) is 0 Å². The molecule has 17 heavy (non-hydrogen) atoms. The van der Waals surface area contributed by atoms with Crippen LogP contribution in [0.2, 0.25) is 0 Å². The molecule has 1 atom stereocenters. The van der Waals surface area contributed by atoms with Gasteiger partial charge in [-0.05, 0) is 19.1 Å². The van der Waals surface area contributed by atoms with Crippen molar-refractivity contribution in [2.75, 3.05) is 31.5 Å². The fourth-order valence-corrected chi connectivity index (χ4v) is 1.90. The Hall–Kier alpha value is -1.50. The zero-order valence-electron chi connectivity index (χ0n) is 10.2. The molecule has 1 unspecified atom stereocenters. The fraction of sp³-hybridized carbons (Fsp3) is 0.429. The van der Waals surface area contributed by atoms with E-state index < -0.39 is 0 Å². The molecule has 0 bridgehead atoms. The predicted octanol–water partition coefficient (Wildman–Crippen LogP) is 1.35. The average molecular weight is 229 g/mol. The number of nitrogens with one attached hydrogen (secondary N) is 2. The lowest BCUT2D eigenvalue weighted by Gasteiger charge is -2.32. The maximum absolute atomic E-state index is 3.38. The predicted molar refractivity (Wildman–Crippen MR) is 71.7 cm³/mol. The van der Waals surface area contributed by atoms with Crippen LogP contribution >= 0.6 is 0 Å². The molecule has 2 N–H and O–H groups in total. The summed E-state index contributed by atoms with van der Waals surface area (Å²) < 4.78 is 0. The molecule has 0 aromatic heterocycles. The van der Waals surface area contributed by atoms with E-state index in [1.165, 1.54) is 0 Å². The second-order valence-electron chi connectivity index (χ2n) is 4.32. The number of nitrogens with zero attached hydrogens (tertiary/aromatic N) is 1. The number of hydrogen-bond donors (Lipinski definition) is 2. The topological polar surface area (TPSA) is 27.3 Å².